The van der Waals surface area contributed by atoms with Crippen LogP contribution in [0.25, 0.3) is 22.2 Å². The lowest BCUT2D eigenvalue weighted by molar-refractivity contribution is -0.00569. The van der Waals surface area contributed by atoms with Crippen LogP contribution in [0.1, 0.15) is 13.8 Å². The van der Waals surface area contributed by atoms with Gasteiger partial charge < -0.3 is 9.64 Å². The molecule has 4 nitrogen and oxygen atoms in total. The Morgan fingerprint density at radius 3 is 2.29 bits per heavy atom. The average molecular weight is 319 g/mol. The molecule has 0 radical (unpaired) electrons. The SMILES string of the molecule is C[C@@H]1CN(c2nc(-c3ccccc3)c3ccccc3n2)C[C@@H](C)O1. The molecule has 1 aromatic heterocycles. The molecule has 1 aliphatic rings. The van der Waals surface area contributed by atoms with Crippen LogP contribution < -0.4 is 4.90 Å². The summed E-state index contributed by atoms with van der Waals surface area (Å²) >= 11 is 0. The molecule has 4 rings (SSSR count). The molecule has 0 spiro atoms. The van der Waals surface area contributed by atoms with Gasteiger partial charge in [0, 0.05) is 24.0 Å². The van der Waals surface area contributed by atoms with Crippen LogP contribution in [0.2, 0.25) is 0 Å². The predicted octanol–water partition coefficient (Wildman–Crippen LogP) is 3.91. The molecular formula is C20H21N3O. The zero-order valence-corrected chi connectivity index (χ0v) is 14.0. The molecule has 4 heteroatoms. The number of hydrogen-bond donors (Lipinski definition) is 0. The molecule has 3 aromatic rings. The maximum atomic E-state index is 5.84. The number of aromatic nitrogens is 2. The zero-order chi connectivity index (χ0) is 16.5. The van der Waals surface area contributed by atoms with Crippen LogP contribution in [-0.2, 0) is 4.74 Å². The van der Waals surface area contributed by atoms with Crippen molar-refractivity contribution < 1.29 is 4.74 Å². The Morgan fingerprint density at radius 1 is 0.875 bits per heavy atom. The fraction of sp³-hybridized carbons (Fsp3) is 0.300. The Hall–Kier alpha value is -2.46. The highest BCUT2D eigenvalue weighted by atomic mass is 16.5. The van der Waals surface area contributed by atoms with Gasteiger partial charge in [-0.1, -0.05) is 48.5 Å². The first-order valence-electron chi connectivity index (χ1n) is 8.43. The van der Waals surface area contributed by atoms with E-state index in [0.717, 1.165) is 41.2 Å². The largest absolute Gasteiger partial charge is 0.372 e. The number of para-hydroxylation sites is 1. The van der Waals surface area contributed by atoms with Crippen molar-refractivity contribution in [2.75, 3.05) is 18.0 Å². The molecule has 24 heavy (non-hydrogen) atoms. The van der Waals surface area contributed by atoms with Crippen LogP contribution in [0.15, 0.2) is 54.6 Å². The van der Waals surface area contributed by atoms with Gasteiger partial charge in [-0.25, -0.2) is 9.97 Å². The Morgan fingerprint density at radius 2 is 1.54 bits per heavy atom. The van der Waals surface area contributed by atoms with E-state index in [1.807, 2.05) is 30.3 Å². The number of morpholine rings is 1. The molecule has 1 fully saturated rings. The summed E-state index contributed by atoms with van der Waals surface area (Å²) < 4.78 is 5.84. The van der Waals surface area contributed by atoms with Gasteiger partial charge in [0.2, 0.25) is 5.95 Å². The minimum absolute atomic E-state index is 0.184. The second-order valence-corrected chi connectivity index (χ2v) is 6.42. The molecule has 0 amide bonds. The van der Waals surface area contributed by atoms with Crippen LogP contribution in [0.3, 0.4) is 0 Å². The summed E-state index contributed by atoms with van der Waals surface area (Å²) in [5, 5.41) is 1.09. The van der Waals surface area contributed by atoms with Crippen molar-refractivity contribution >= 4 is 16.9 Å². The summed E-state index contributed by atoms with van der Waals surface area (Å²) in [7, 11) is 0. The lowest BCUT2D eigenvalue weighted by Crippen LogP contribution is -2.46. The van der Waals surface area contributed by atoms with Gasteiger partial charge in [0.25, 0.3) is 0 Å². The number of anilines is 1. The minimum atomic E-state index is 0.184. The first kappa shape index (κ1) is 15.1. The van der Waals surface area contributed by atoms with Gasteiger partial charge in [-0.2, -0.15) is 0 Å². The molecule has 1 aliphatic heterocycles. The van der Waals surface area contributed by atoms with E-state index in [1.165, 1.54) is 0 Å². The highest BCUT2D eigenvalue weighted by Crippen LogP contribution is 2.29. The monoisotopic (exact) mass is 319 g/mol. The van der Waals surface area contributed by atoms with E-state index in [1.54, 1.807) is 0 Å². The number of benzene rings is 2. The number of rotatable bonds is 2. The van der Waals surface area contributed by atoms with Crippen molar-refractivity contribution in [2.45, 2.75) is 26.1 Å². The van der Waals surface area contributed by atoms with E-state index in [0.29, 0.717) is 0 Å². The molecule has 2 aromatic carbocycles. The predicted molar refractivity (Wildman–Crippen MR) is 97.2 cm³/mol. The van der Waals surface area contributed by atoms with Crippen molar-refractivity contribution in [3.8, 4) is 11.3 Å². The van der Waals surface area contributed by atoms with Gasteiger partial charge in [-0.05, 0) is 19.9 Å². The normalized spacial score (nSPS) is 21.2. The molecule has 122 valence electrons. The van der Waals surface area contributed by atoms with Gasteiger partial charge in [0.05, 0.1) is 23.4 Å². The van der Waals surface area contributed by atoms with Crippen LogP contribution in [-0.4, -0.2) is 35.3 Å². The van der Waals surface area contributed by atoms with Crippen molar-refractivity contribution in [1.82, 2.24) is 9.97 Å². The number of nitrogens with zero attached hydrogens (tertiary/aromatic N) is 3. The fourth-order valence-electron chi connectivity index (χ4n) is 3.36. The van der Waals surface area contributed by atoms with Crippen molar-refractivity contribution in [2.24, 2.45) is 0 Å². The standard InChI is InChI=1S/C20H21N3O/c1-14-12-23(13-15(2)24-14)20-21-18-11-7-6-10-17(18)19(22-20)16-8-4-3-5-9-16/h3-11,14-15H,12-13H2,1-2H3/t14-,15-/m1/s1. The lowest BCUT2D eigenvalue weighted by atomic mass is 10.1. The molecule has 2 heterocycles. The molecule has 0 unspecified atom stereocenters. The summed E-state index contributed by atoms with van der Waals surface area (Å²) in [6, 6.07) is 18.5. The maximum Gasteiger partial charge on any atom is 0.226 e. The smallest absolute Gasteiger partial charge is 0.226 e. The van der Waals surface area contributed by atoms with Gasteiger partial charge >= 0.3 is 0 Å². The summed E-state index contributed by atoms with van der Waals surface area (Å²) in [4.78, 5) is 12.0. The van der Waals surface area contributed by atoms with E-state index in [2.05, 4.69) is 43.0 Å². The molecule has 0 saturated carbocycles. The summed E-state index contributed by atoms with van der Waals surface area (Å²) in [6.07, 6.45) is 0.369. The highest BCUT2D eigenvalue weighted by Gasteiger charge is 2.25. The van der Waals surface area contributed by atoms with E-state index in [-0.39, 0.29) is 12.2 Å². The van der Waals surface area contributed by atoms with E-state index < -0.39 is 0 Å². The summed E-state index contributed by atoms with van der Waals surface area (Å²) in [6.45, 7) is 5.83. The average Bonchev–Trinajstić information content (AvgIpc) is 2.61. The molecule has 1 saturated heterocycles. The number of ether oxygens (including phenoxy) is 1. The summed E-state index contributed by atoms with van der Waals surface area (Å²) in [5.74, 6) is 0.787. The second kappa shape index (κ2) is 6.21. The van der Waals surface area contributed by atoms with E-state index in [9.17, 15) is 0 Å². The second-order valence-electron chi connectivity index (χ2n) is 6.42. The van der Waals surface area contributed by atoms with Gasteiger partial charge in [0.1, 0.15) is 0 Å². The van der Waals surface area contributed by atoms with Crippen LogP contribution in [0.4, 0.5) is 5.95 Å². The first-order chi connectivity index (χ1) is 11.7. The van der Waals surface area contributed by atoms with E-state index in [4.69, 9.17) is 14.7 Å². The van der Waals surface area contributed by atoms with Crippen molar-refractivity contribution in [1.29, 1.82) is 0 Å². The van der Waals surface area contributed by atoms with Crippen molar-refractivity contribution in [3.05, 3.63) is 54.6 Å². The number of hydrogen-bond acceptors (Lipinski definition) is 4. The maximum absolute atomic E-state index is 5.84. The number of fused-ring (bicyclic) bond motifs is 1. The third-order valence-corrected chi connectivity index (χ3v) is 4.34. The molecule has 0 N–H and O–H groups in total. The van der Waals surface area contributed by atoms with Gasteiger partial charge in [-0.3, -0.25) is 0 Å². The van der Waals surface area contributed by atoms with Crippen molar-refractivity contribution in [3.63, 3.8) is 0 Å². The quantitative estimate of drug-likeness (QED) is 0.718. The Bertz CT molecular complexity index is 840. The topological polar surface area (TPSA) is 38.2 Å². The van der Waals surface area contributed by atoms with E-state index >= 15 is 0 Å². The first-order valence-corrected chi connectivity index (χ1v) is 8.43. The zero-order valence-electron chi connectivity index (χ0n) is 14.0. The Labute approximate surface area is 142 Å². The molecular weight excluding hydrogens is 298 g/mol. The van der Waals surface area contributed by atoms with Gasteiger partial charge in [-0.15, -0.1) is 0 Å². The third kappa shape index (κ3) is 2.85. The molecule has 0 bridgehead atoms. The Kier molecular flexibility index (Phi) is 3.90. The van der Waals surface area contributed by atoms with Crippen LogP contribution in [0, 0.1) is 0 Å². The minimum Gasteiger partial charge on any atom is -0.372 e. The Balaban J connectivity index is 1.86. The van der Waals surface area contributed by atoms with Crippen LogP contribution in [0.5, 0.6) is 0 Å². The fourth-order valence-corrected chi connectivity index (χ4v) is 3.36. The van der Waals surface area contributed by atoms with Gasteiger partial charge in [0.15, 0.2) is 0 Å². The highest BCUT2D eigenvalue weighted by molar-refractivity contribution is 5.93. The van der Waals surface area contributed by atoms with Crippen LogP contribution >= 0.6 is 0 Å². The molecule has 0 aliphatic carbocycles. The lowest BCUT2D eigenvalue weighted by Gasteiger charge is -2.35. The summed E-state index contributed by atoms with van der Waals surface area (Å²) in [5.41, 5.74) is 3.09. The molecule has 2 atom stereocenters. The third-order valence-electron chi connectivity index (χ3n) is 4.34.